The highest BCUT2D eigenvalue weighted by Gasteiger charge is 2.17. The SMILES string of the molecule is Cc1cc(C(=O)NCC(c2cccnc2)C(C)C)cs1. The summed E-state index contributed by atoms with van der Waals surface area (Å²) in [6, 6.07) is 5.93. The first-order chi connectivity index (χ1) is 9.58. The smallest absolute Gasteiger partial charge is 0.252 e. The molecule has 0 fully saturated rings. The number of hydrogen-bond donors (Lipinski definition) is 1. The zero-order chi connectivity index (χ0) is 14.5. The molecule has 0 spiro atoms. The molecule has 0 bridgehead atoms. The molecular formula is C16H20N2OS. The van der Waals surface area contributed by atoms with Crippen molar-refractivity contribution < 1.29 is 4.79 Å². The van der Waals surface area contributed by atoms with Crippen LogP contribution in [0.15, 0.2) is 36.0 Å². The first-order valence-electron chi connectivity index (χ1n) is 6.81. The Hall–Kier alpha value is -1.68. The number of pyridine rings is 1. The van der Waals surface area contributed by atoms with E-state index in [-0.39, 0.29) is 11.8 Å². The van der Waals surface area contributed by atoms with E-state index in [4.69, 9.17) is 0 Å². The largest absolute Gasteiger partial charge is 0.351 e. The Bertz CT molecular complexity index is 563. The summed E-state index contributed by atoms with van der Waals surface area (Å²) in [6.07, 6.45) is 3.65. The van der Waals surface area contributed by atoms with Gasteiger partial charge in [-0.15, -0.1) is 11.3 Å². The number of hydrogen-bond acceptors (Lipinski definition) is 3. The summed E-state index contributed by atoms with van der Waals surface area (Å²) in [5.41, 5.74) is 1.92. The maximum Gasteiger partial charge on any atom is 0.252 e. The van der Waals surface area contributed by atoms with Gasteiger partial charge in [-0.3, -0.25) is 9.78 Å². The van der Waals surface area contributed by atoms with E-state index in [1.807, 2.05) is 30.6 Å². The van der Waals surface area contributed by atoms with Gasteiger partial charge in [0, 0.05) is 35.1 Å². The zero-order valence-corrected chi connectivity index (χ0v) is 12.9. The van der Waals surface area contributed by atoms with Crippen molar-refractivity contribution in [1.29, 1.82) is 0 Å². The Morgan fingerprint density at radius 1 is 1.45 bits per heavy atom. The summed E-state index contributed by atoms with van der Waals surface area (Å²) in [5.74, 6) is 0.736. The third kappa shape index (κ3) is 3.67. The van der Waals surface area contributed by atoms with Gasteiger partial charge >= 0.3 is 0 Å². The minimum Gasteiger partial charge on any atom is -0.351 e. The molecule has 106 valence electrons. The van der Waals surface area contributed by atoms with Crippen molar-refractivity contribution in [2.24, 2.45) is 5.92 Å². The van der Waals surface area contributed by atoms with Crippen molar-refractivity contribution in [2.75, 3.05) is 6.54 Å². The molecule has 2 heterocycles. The molecule has 1 unspecified atom stereocenters. The Balaban J connectivity index is 2.01. The van der Waals surface area contributed by atoms with Crippen molar-refractivity contribution >= 4 is 17.2 Å². The lowest BCUT2D eigenvalue weighted by molar-refractivity contribution is 0.0949. The summed E-state index contributed by atoms with van der Waals surface area (Å²) in [4.78, 5) is 17.4. The quantitative estimate of drug-likeness (QED) is 0.913. The van der Waals surface area contributed by atoms with E-state index in [9.17, 15) is 4.79 Å². The topological polar surface area (TPSA) is 42.0 Å². The molecule has 3 nitrogen and oxygen atoms in total. The Morgan fingerprint density at radius 2 is 2.25 bits per heavy atom. The van der Waals surface area contributed by atoms with E-state index >= 15 is 0 Å². The molecule has 4 heteroatoms. The Kier molecular flexibility index (Phi) is 4.90. The van der Waals surface area contributed by atoms with Gasteiger partial charge in [0.05, 0.1) is 5.56 Å². The fourth-order valence-electron chi connectivity index (χ4n) is 2.20. The van der Waals surface area contributed by atoms with Gasteiger partial charge in [-0.2, -0.15) is 0 Å². The van der Waals surface area contributed by atoms with Gasteiger partial charge in [0.2, 0.25) is 0 Å². The second kappa shape index (κ2) is 6.66. The van der Waals surface area contributed by atoms with Crippen LogP contribution in [0, 0.1) is 12.8 Å². The molecule has 2 aromatic heterocycles. The number of carbonyl (C=O) groups excluding carboxylic acids is 1. The van der Waals surface area contributed by atoms with Gasteiger partial charge < -0.3 is 5.32 Å². The Morgan fingerprint density at radius 3 is 2.80 bits per heavy atom. The molecule has 0 saturated carbocycles. The van der Waals surface area contributed by atoms with Crippen LogP contribution < -0.4 is 5.32 Å². The molecule has 2 rings (SSSR count). The highest BCUT2D eigenvalue weighted by atomic mass is 32.1. The average Bonchev–Trinajstić information content (AvgIpc) is 2.86. The molecule has 0 aliphatic rings. The maximum absolute atomic E-state index is 12.1. The van der Waals surface area contributed by atoms with Gasteiger partial charge in [-0.1, -0.05) is 19.9 Å². The number of rotatable bonds is 5. The molecular weight excluding hydrogens is 268 g/mol. The molecule has 1 atom stereocenters. The van der Waals surface area contributed by atoms with Crippen molar-refractivity contribution in [3.63, 3.8) is 0 Å². The summed E-state index contributed by atoms with van der Waals surface area (Å²) in [5, 5.41) is 4.93. The van der Waals surface area contributed by atoms with Crippen LogP contribution in [0.1, 0.15) is 40.6 Å². The van der Waals surface area contributed by atoms with Crippen LogP contribution in [0.5, 0.6) is 0 Å². The fourth-order valence-corrected chi connectivity index (χ4v) is 2.88. The third-order valence-corrected chi connectivity index (χ3v) is 4.25. The first kappa shape index (κ1) is 14.7. The number of nitrogens with zero attached hydrogens (tertiary/aromatic N) is 1. The fraction of sp³-hybridized carbons (Fsp3) is 0.375. The van der Waals surface area contributed by atoms with Crippen LogP contribution in [0.2, 0.25) is 0 Å². The standard InChI is InChI=1S/C16H20N2OS/c1-11(2)15(13-5-4-6-17-8-13)9-18-16(19)14-7-12(3)20-10-14/h4-8,10-11,15H,9H2,1-3H3,(H,18,19). The number of thiophene rings is 1. The number of aryl methyl sites for hydroxylation is 1. The normalized spacial score (nSPS) is 12.4. The summed E-state index contributed by atoms with van der Waals surface area (Å²) >= 11 is 1.60. The van der Waals surface area contributed by atoms with E-state index in [1.165, 1.54) is 5.56 Å². The molecule has 1 N–H and O–H groups in total. The lowest BCUT2D eigenvalue weighted by Crippen LogP contribution is -2.30. The molecule has 20 heavy (non-hydrogen) atoms. The monoisotopic (exact) mass is 288 g/mol. The van der Waals surface area contributed by atoms with Gasteiger partial charge in [0.15, 0.2) is 0 Å². The van der Waals surface area contributed by atoms with Gasteiger partial charge in [-0.25, -0.2) is 0 Å². The van der Waals surface area contributed by atoms with Crippen molar-refractivity contribution in [1.82, 2.24) is 10.3 Å². The van der Waals surface area contributed by atoms with E-state index in [2.05, 4.69) is 30.2 Å². The van der Waals surface area contributed by atoms with Gasteiger partial charge in [-0.05, 0) is 30.5 Å². The molecule has 0 aliphatic heterocycles. The minimum absolute atomic E-state index is 0.00360. The van der Waals surface area contributed by atoms with Crippen LogP contribution in [-0.4, -0.2) is 17.4 Å². The summed E-state index contributed by atoms with van der Waals surface area (Å²) in [6.45, 7) is 6.97. The first-order valence-corrected chi connectivity index (χ1v) is 7.69. The van der Waals surface area contributed by atoms with Crippen molar-refractivity contribution in [3.8, 4) is 0 Å². The minimum atomic E-state index is 0.00360. The van der Waals surface area contributed by atoms with Gasteiger partial charge in [0.1, 0.15) is 0 Å². The van der Waals surface area contributed by atoms with Gasteiger partial charge in [0.25, 0.3) is 5.91 Å². The van der Waals surface area contributed by atoms with Crippen LogP contribution in [0.25, 0.3) is 0 Å². The number of amides is 1. The average molecular weight is 288 g/mol. The summed E-state index contributed by atoms with van der Waals surface area (Å²) < 4.78 is 0. The highest BCUT2D eigenvalue weighted by molar-refractivity contribution is 7.10. The lowest BCUT2D eigenvalue weighted by Gasteiger charge is -2.21. The molecule has 0 radical (unpaired) electrons. The number of nitrogens with one attached hydrogen (secondary N) is 1. The van der Waals surface area contributed by atoms with Crippen molar-refractivity contribution in [3.05, 3.63) is 52.0 Å². The molecule has 2 aromatic rings. The van der Waals surface area contributed by atoms with E-state index in [0.29, 0.717) is 12.5 Å². The van der Waals surface area contributed by atoms with Crippen molar-refractivity contribution in [2.45, 2.75) is 26.7 Å². The highest BCUT2D eigenvalue weighted by Crippen LogP contribution is 2.23. The van der Waals surface area contributed by atoms with Crippen LogP contribution >= 0.6 is 11.3 Å². The second-order valence-electron chi connectivity index (χ2n) is 5.29. The van der Waals surface area contributed by atoms with Crippen LogP contribution in [-0.2, 0) is 0 Å². The van der Waals surface area contributed by atoms with Crippen LogP contribution in [0.4, 0.5) is 0 Å². The van der Waals surface area contributed by atoms with E-state index in [0.717, 1.165) is 10.4 Å². The number of aromatic nitrogens is 1. The molecule has 0 saturated heterocycles. The van der Waals surface area contributed by atoms with Crippen LogP contribution in [0.3, 0.4) is 0 Å². The predicted molar refractivity (Wildman–Crippen MR) is 83.2 cm³/mol. The molecule has 0 aliphatic carbocycles. The number of carbonyl (C=O) groups is 1. The maximum atomic E-state index is 12.1. The third-order valence-electron chi connectivity index (χ3n) is 3.39. The second-order valence-corrected chi connectivity index (χ2v) is 6.41. The summed E-state index contributed by atoms with van der Waals surface area (Å²) in [7, 11) is 0. The predicted octanol–water partition coefficient (Wildman–Crippen LogP) is 3.62. The zero-order valence-electron chi connectivity index (χ0n) is 12.1. The lowest BCUT2D eigenvalue weighted by atomic mass is 9.89. The Labute approximate surface area is 124 Å². The van der Waals surface area contributed by atoms with E-state index < -0.39 is 0 Å². The molecule has 0 aromatic carbocycles. The molecule has 1 amide bonds. The van der Waals surface area contributed by atoms with E-state index in [1.54, 1.807) is 17.5 Å².